The standard InChI is InChI=1S/C42H46O10/c1-9-37(43)49-27-35(51-39(45)11-3)25-47-33-21-17-31(18-22-33)41(5,6)29-13-15-30(16-14-29)42(7,8)32-19-23-34(24-20-32)48-26-36(52-40(46)12-4)28-50-38(44)10-2/h9-24,35-36H,1-4,25-28H2,5-8H3. The molecule has 2 unspecified atom stereocenters. The Labute approximate surface area is 305 Å². The second kappa shape index (κ2) is 18.9. The van der Waals surface area contributed by atoms with Crippen LogP contribution in [-0.4, -0.2) is 62.5 Å². The second-order valence-corrected chi connectivity index (χ2v) is 12.7. The largest absolute Gasteiger partial charge is 0.490 e. The number of benzene rings is 3. The van der Waals surface area contributed by atoms with Gasteiger partial charge in [0.15, 0.2) is 12.2 Å². The molecule has 10 nitrogen and oxygen atoms in total. The molecule has 2 atom stereocenters. The molecule has 3 rings (SSSR count). The van der Waals surface area contributed by atoms with Gasteiger partial charge in [0, 0.05) is 35.1 Å². The highest BCUT2D eigenvalue weighted by atomic mass is 16.6. The molecule has 274 valence electrons. The molecule has 0 saturated carbocycles. The highest BCUT2D eigenvalue weighted by Crippen LogP contribution is 2.36. The second-order valence-electron chi connectivity index (χ2n) is 12.7. The fourth-order valence-corrected chi connectivity index (χ4v) is 5.08. The van der Waals surface area contributed by atoms with Crippen molar-refractivity contribution in [3.63, 3.8) is 0 Å². The average Bonchev–Trinajstić information content (AvgIpc) is 3.16. The zero-order valence-electron chi connectivity index (χ0n) is 30.1. The van der Waals surface area contributed by atoms with Crippen molar-refractivity contribution in [2.45, 2.75) is 50.7 Å². The first-order valence-corrected chi connectivity index (χ1v) is 16.6. The van der Waals surface area contributed by atoms with Crippen molar-refractivity contribution >= 4 is 23.9 Å². The van der Waals surface area contributed by atoms with Crippen molar-refractivity contribution in [2.24, 2.45) is 0 Å². The third kappa shape index (κ3) is 11.6. The Balaban J connectivity index is 1.65. The molecular formula is C42H46O10. The fourth-order valence-electron chi connectivity index (χ4n) is 5.08. The minimum absolute atomic E-state index is 0.0253. The van der Waals surface area contributed by atoms with Crippen LogP contribution in [0.15, 0.2) is 123 Å². The number of carbonyl (C=O) groups is 4. The van der Waals surface area contributed by atoms with Gasteiger partial charge in [-0.05, 0) is 46.5 Å². The number of ether oxygens (including phenoxy) is 6. The van der Waals surface area contributed by atoms with E-state index in [0.29, 0.717) is 11.5 Å². The van der Waals surface area contributed by atoms with Crippen molar-refractivity contribution in [3.05, 3.63) is 146 Å². The average molecular weight is 711 g/mol. The summed E-state index contributed by atoms with van der Waals surface area (Å²) in [5.74, 6) is -1.44. The van der Waals surface area contributed by atoms with Gasteiger partial charge in [-0.15, -0.1) is 0 Å². The number of esters is 4. The molecule has 0 radical (unpaired) electrons. The van der Waals surface area contributed by atoms with Crippen LogP contribution in [0.2, 0.25) is 0 Å². The summed E-state index contributed by atoms with van der Waals surface area (Å²) in [5.41, 5.74) is 3.71. The third-order valence-electron chi connectivity index (χ3n) is 8.41. The summed E-state index contributed by atoms with van der Waals surface area (Å²) in [4.78, 5) is 46.4. The lowest BCUT2D eigenvalue weighted by Gasteiger charge is -2.30. The zero-order valence-corrected chi connectivity index (χ0v) is 30.1. The molecule has 0 spiro atoms. The van der Waals surface area contributed by atoms with Gasteiger partial charge >= 0.3 is 23.9 Å². The molecule has 0 saturated heterocycles. The molecule has 0 N–H and O–H groups in total. The molecule has 0 amide bonds. The van der Waals surface area contributed by atoms with Crippen molar-refractivity contribution in [3.8, 4) is 11.5 Å². The molecule has 3 aromatic carbocycles. The predicted octanol–water partition coefficient (Wildman–Crippen LogP) is 6.75. The number of carbonyl (C=O) groups excluding carboxylic acids is 4. The number of rotatable bonds is 20. The molecule has 52 heavy (non-hydrogen) atoms. The quantitative estimate of drug-likeness (QED) is 0.0707. The van der Waals surface area contributed by atoms with E-state index in [9.17, 15) is 19.2 Å². The first-order valence-electron chi connectivity index (χ1n) is 16.6. The molecule has 0 aliphatic carbocycles. The monoisotopic (exact) mass is 710 g/mol. The Bertz CT molecular complexity index is 1590. The molecule has 0 aliphatic rings. The molecule has 0 fully saturated rings. The number of hydrogen-bond donors (Lipinski definition) is 0. The maximum absolute atomic E-state index is 11.7. The molecule has 10 heteroatoms. The van der Waals surface area contributed by atoms with Crippen LogP contribution >= 0.6 is 0 Å². The fraction of sp³-hybridized carbons (Fsp3) is 0.286. The van der Waals surface area contributed by atoms with Gasteiger partial charge in [0.25, 0.3) is 0 Å². The van der Waals surface area contributed by atoms with E-state index >= 15 is 0 Å². The van der Waals surface area contributed by atoms with E-state index in [2.05, 4.69) is 78.3 Å². The van der Waals surface area contributed by atoms with Gasteiger partial charge in [0.2, 0.25) is 0 Å². The lowest BCUT2D eigenvalue weighted by atomic mass is 9.74. The summed E-state index contributed by atoms with van der Waals surface area (Å²) in [7, 11) is 0. The van der Waals surface area contributed by atoms with Gasteiger partial charge in [-0.1, -0.05) is 103 Å². The predicted molar refractivity (Wildman–Crippen MR) is 197 cm³/mol. The van der Waals surface area contributed by atoms with E-state index in [0.717, 1.165) is 46.6 Å². The Kier molecular flexibility index (Phi) is 14.7. The highest BCUT2D eigenvalue weighted by Gasteiger charge is 2.27. The Morgan fingerprint density at radius 2 is 0.750 bits per heavy atom. The smallest absolute Gasteiger partial charge is 0.330 e. The Morgan fingerprint density at radius 3 is 1.02 bits per heavy atom. The summed E-state index contributed by atoms with van der Waals surface area (Å²) < 4.78 is 32.2. The van der Waals surface area contributed by atoms with Crippen LogP contribution in [0.5, 0.6) is 11.5 Å². The van der Waals surface area contributed by atoms with Crippen LogP contribution in [0.25, 0.3) is 0 Å². The first kappa shape index (κ1) is 40.5. The van der Waals surface area contributed by atoms with Crippen LogP contribution in [0.4, 0.5) is 0 Å². The van der Waals surface area contributed by atoms with Crippen molar-refractivity contribution in [2.75, 3.05) is 26.4 Å². The van der Waals surface area contributed by atoms with Gasteiger partial charge in [-0.2, -0.15) is 0 Å². The molecular weight excluding hydrogens is 664 g/mol. The van der Waals surface area contributed by atoms with Gasteiger partial charge in [0.1, 0.15) is 37.9 Å². The summed E-state index contributed by atoms with van der Waals surface area (Å²) in [5, 5.41) is 0. The minimum atomic E-state index is -0.824. The van der Waals surface area contributed by atoms with Crippen molar-refractivity contribution in [1.82, 2.24) is 0 Å². The van der Waals surface area contributed by atoms with Crippen LogP contribution < -0.4 is 9.47 Å². The van der Waals surface area contributed by atoms with E-state index < -0.39 is 36.1 Å². The van der Waals surface area contributed by atoms with Crippen molar-refractivity contribution in [1.29, 1.82) is 0 Å². The molecule has 0 aliphatic heterocycles. The molecule has 0 aromatic heterocycles. The van der Waals surface area contributed by atoms with Gasteiger partial charge < -0.3 is 28.4 Å². The van der Waals surface area contributed by atoms with E-state index in [1.165, 1.54) is 0 Å². The van der Waals surface area contributed by atoms with Crippen LogP contribution in [-0.2, 0) is 49.0 Å². The molecule has 0 bridgehead atoms. The SMILES string of the molecule is C=CC(=O)OCC(COc1ccc(C(C)(C)c2ccc(C(C)(C)c3ccc(OCC(COC(=O)C=C)OC(=O)C=C)cc3)cc2)cc1)OC(=O)C=C. The van der Waals surface area contributed by atoms with Crippen LogP contribution in [0, 0.1) is 0 Å². The van der Waals surface area contributed by atoms with Gasteiger partial charge in [-0.3, -0.25) is 0 Å². The summed E-state index contributed by atoms with van der Waals surface area (Å²) in [6.07, 6.45) is 2.47. The molecule has 0 heterocycles. The van der Waals surface area contributed by atoms with E-state index in [1.54, 1.807) is 0 Å². The van der Waals surface area contributed by atoms with Crippen LogP contribution in [0.3, 0.4) is 0 Å². The van der Waals surface area contributed by atoms with Gasteiger partial charge in [0.05, 0.1) is 0 Å². The minimum Gasteiger partial charge on any atom is -0.490 e. The topological polar surface area (TPSA) is 124 Å². The summed E-state index contributed by atoms with van der Waals surface area (Å²) in [6.45, 7) is 21.7. The molecule has 3 aromatic rings. The Morgan fingerprint density at radius 1 is 0.481 bits per heavy atom. The maximum atomic E-state index is 11.7. The zero-order chi connectivity index (χ0) is 38.3. The first-order chi connectivity index (χ1) is 24.7. The lowest BCUT2D eigenvalue weighted by molar-refractivity contribution is -0.154. The summed E-state index contributed by atoms with van der Waals surface area (Å²) in [6, 6.07) is 23.8. The maximum Gasteiger partial charge on any atom is 0.330 e. The van der Waals surface area contributed by atoms with Crippen LogP contribution in [0.1, 0.15) is 49.9 Å². The van der Waals surface area contributed by atoms with E-state index in [1.807, 2.05) is 48.5 Å². The van der Waals surface area contributed by atoms with E-state index in [4.69, 9.17) is 28.4 Å². The van der Waals surface area contributed by atoms with Gasteiger partial charge in [-0.25, -0.2) is 19.2 Å². The highest BCUT2D eigenvalue weighted by molar-refractivity contribution is 5.82. The Hall–Kier alpha value is -5.90. The van der Waals surface area contributed by atoms with E-state index in [-0.39, 0.29) is 37.3 Å². The lowest BCUT2D eigenvalue weighted by Crippen LogP contribution is -2.30. The number of hydrogen-bond acceptors (Lipinski definition) is 10. The normalized spacial score (nSPS) is 12.2. The summed E-state index contributed by atoms with van der Waals surface area (Å²) >= 11 is 0. The van der Waals surface area contributed by atoms with Crippen molar-refractivity contribution < 1.29 is 47.6 Å². The third-order valence-corrected chi connectivity index (χ3v) is 8.41.